The molecule has 0 saturated carbocycles. The Morgan fingerprint density at radius 2 is 1.28 bits per heavy atom. The molecule has 0 aliphatic rings. The highest BCUT2D eigenvalue weighted by Gasteiger charge is 2.30. The summed E-state index contributed by atoms with van der Waals surface area (Å²) in [7, 11) is 0. The second kappa shape index (κ2) is 16.7. The van der Waals surface area contributed by atoms with Crippen LogP contribution in [0, 0.1) is 0 Å². The number of quaternary nitrogens is 1. The van der Waals surface area contributed by atoms with Crippen LogP contribution < -0.4 is 12.4 Å². The number of nitrogens with zero attached hydrogens (tertiary/aromatic N) is 1. The molecule has 1 aromatic rings. The number of halogens is 1. The molecule has 0 radical (unpaired) electrons. The second-order valence-electron chi connectivity index (χ2n) is 8.40. The summed E-state index contributed by atoms with van der Waals surface area (Å²) in [5, 5.41) is 0. The van der Waals surface area contributed by atoms with Gasteiger partial charge in [0.2, 0.25) is 0 Å². The van der Waals surface area contributed by atoms with Gasteiger partial charge in [0, 0.05) is 0 Å². The van der Waals surface area contributed by atoms with Crippen molar-refractivity contribution in [3.05, 3.63) is 35.9 Å². The molecule has 0 aliphatic heterocycles. The van der Waals surface area contributed by atoms with Gasteiger partial charge >= 0.3 is 5.97 Å². The average molecular weight is 426 g/mol. The number of ether oxygens (including phenoxy) is 1. The fraction of sp³-hybridized carbons (Fsp3) is 0.720. The Morgan fingerprint density at radius 3 is 1.69 bits per heavy atom. The molecule has 1 atom stereocenters. The Hall–Kier alpha value is -1.06. The molecule has 4 heteroatoms. The Balaban J connectivity index is 0.00000784. The molecular formula is C25H44ClNO2. The van der Waals surface area contributed by atoms with Crippen molar-refractivity contribution >= 4 is 5.97 Å². The standard InChI is InChI=1S/C25H44NO2.ClH/c1-5-8-14-19-26(20-15-9-6-2,21-16-10-7-3)22-23(4)28-25(27)24-17-12-11-13-18-24;/h11-13,17-18,23H,5-10,14-16,19-22H2,1-4H3;1H/q+1;/p-1. The van der Waals surface area contributed by atoms with Crippen LogP contribution in [-0.4, -0.2) is 42.7 Å². The fourth-order valence-corrected chi connectivity index (χ4v) is 4.11. The number of benzene rings is 1. The summed E-state index contributed by atoms with van der Waals surface area (Å²) < 4.78 is 6.97. The monoisotopic (exact) mass is 425 g/mol. The van der Waals surface area contributed by atoms with Crippen LogP contribution in [0.3, 0.4) is 0 Å². The predicted molar refractivity (Wildman–Crippen MR) is 120 cm³/mol. The molecule has 3 nitrogen and oxygen atoms in total. The van der Waals surface area contributed by atoms with Crippen molar-refractivity contribution in [2.45, 2.75) is 91.6 Å². The Labute approximate surface area is 186 Å². The lowest BCUT2D eigenvalue weighted by Gasteiger charge is -2.41. The zero-order valence-electron chi connectivity index (χ0n) is 19.3. The third-order valence-electron chi connectivity index (χ3n) is 5.67. The van der Waals surface area contributed by atoms with Crippen molar-refractivity contribution in [1.82, 2.24) is 0 Å². The van der Waals surface area contributed by atoms with Crippen LogP contribution in [0.5, 0.6) is 0 Å². The van der Waals surface area contributed by atoms with Crippen LogP contribution in [0.4, 0.5) is 0 Å². The Morgan fingerprint density at radius 1 is 0.828 bits per heavy atom. The maximum atomic E-state index is 12.5. The van der Waals surface area contributed by atoms with Gasteiger partial charge in [0.05, 0.1) is 25.2 Å². The lowest BCUT2D eigenvalue weighted by Crippen LogP contribution is -3.00. The fourth-order valence-electron chi connectivity index (χ4n) is 4.11. The van der Waals surface area contributed by atoms with Crippen molar-refractivity contribution < 1.29 is 26.4 Å². The maximum absolute atomic E-state index is 12.5. The predicted octanol–water partition coefficient (Wildman–Crippen LogP) is 3.62. The topological polar surface area (TPSA) is 26.3 Å². The van der Waals surface area contributed by atoms with E-state index >= 15 is 0 Å². The van der Waals surface area contributed by atoms with E-state index < -0.39 is 0 Å². The number of esters is 1. The first-order valence-electron chi connectivity index (χ1n) is 11.7. The smallest absolute Gasteiger partial charge is 0.338 e. The minimum atomic E-state index is -0.193. The zero-order chi connectivity index (χ0) is 20.7. The lowest BCUT2D eigenvalue weighted by atomic mass is 10.1. The Bertz CT molecular complexity index is 494. The van der Waals surface area contributed by atoms with Crippen molar-refractivity contribution in [3.63, 3.8) is 0 Å². The molecule has 1 rings (SSSR count). The summed E-state index contributed by atoms with van der Waals surface area (Å²) in [6, 6.07) is 9.38. The van der Waals surface area contributed by atoms with Crippen molar-refractivity contribution in [2.24, 2.45) is 0 Å². The highest BCUT2D eigenvalue weighted by molar-refractivity contribution is 5.89. The molecule has 1 unspecified atom stereocenters. The number of hydrogen-bond acceptors (Lipinski definition) is 2. The van der Waals surface area contributed by atoms with Gasteiger partial charge in [-0.15, -0.1) is 0 Å². The molecule has 0 amide bonds. The van der Waals surface area contributed by atoms with Crippen LogP contribution in [0.1, 0.15) is 95.8 Å². The third kappa shape index (κ3) is 11.6. The summed E-state index contributed by atoms with van der Waals surface area (Å²) in [6.45, 7) is 13.5. The van der Waals surface area contributed by atoms with Gasteiger partial charge in [0.25, 0.3) is 0 Å². The number of unbranched alkanes of at least 4 members (excludes halogenated alkanes) is 6. The Kier molecular flexibility index (Phi) is 16.1. The van der Waals surface area contributed by atoms with Crippen LogP contribution >= 0.6 is 0 Å². The third-order valence-corrected chi connectivity index (χ3v) is 5.67. The van der Waals surface area contributed by atoms with Crippen molar-refractivity contribution in [2.75, 3.05) is 26.2 Å². The summed E-state index contributed by atoms with van der Waals surface area (Å²) in [5.74, 6) is -0.193. The van der Waals surface area contributed by atoms with Crippen LogP contribution in [0.15, 0.2) is 30.3 Å². The van der Waals surface area contributed by atoms with Crippen molar-refractivity contribution in [3.8, 4) is 0 Å². The van der Waals surface area contributed by atoms with Gasteiger partial charge in [-0.25, -0.2) is 4.79 Å². The van der Waals surface area contributed by atoms with Gasteiger partial charge in [0.15, 0.2) is 0 Å². The van der Waals surface area contributed by atoms with E-state index in [-0.39, 0.29) is 24.5 Å². The molecule has 1 aromatic carbocycles. The number of carbonyl (C=O) groups excluding carboxylic acids is 1. The first-order valence-corrected chi connectivity index (χ1v) is 11.7. The highest BCUT2D eigenvalue weighted by atomic mass is 35.5. The first-order chi connectivity index (χ1) is 13.6. The molecule has 168 valence electrons. The van der Waals surface area contributed by atoms with Gasteiger partial charge in [-0.1, -0.05) is 58.2 Å². The minimum absolute atomic E-state index is 0. The van der Waals surface area contributed by atoms with Crippen LogP contribution in [0.2, 0.25) is 0 Å². The van der Waals surface area contributed by atoms with E-state index in [2.05, 4.69) is 27.7 Å². The second-order valence-corrected chi connectivity index (χ2v) is 8.40. The van der Waals surface area contributed by atoms with E-state index in [0.29, 0.717) is 5.56 Å². The molecule has 0 fully saturated rings. The summed E-state index contributed by atoms with van der Waals surface area (Å²) in [4.78, 5) is 12.5. The van der Waals surface area contributed by atoms with Gasteiger partial charge < -0.3 is 21.6 Å². The molecular weight excluding hydrogens is 382 g/mol. The molecule has 0 heterocycles. The lowest BCUT2D eigenvalue weighted by molar-refractivity contribution is -0.931. The largest absolute Gasteiger partial charge is 1.00 e. The van der Waals surface area contributed by atoms with Crippen LogP contribution in [-0.2, 0) is 4.74 Å². The minimum Gasteiger partial charge on any atom is -1.00 e. The summed E-state index contributed by atoms with van der Waals surface area (Å²) >= 11 is 0. The van der Waals surface area contributed by atoms with E-state index in [1.807, 2.05) is 30.3 Å². The molecule has 0 aromatic heterocycles. The maximum Gasteiger partial charge on any atom is 0.338 e. The molecule has 0 aliphatic carbocycles. The van der Waals surface area contributed by atoms with E-state index in [9.17, 15) is 4.79 Å². The van der Waals surface area contributed by atoms with E-state index in [1.165, 1.54) is 77.4 Å². The number of carbonyl (C=O) groups is 1. The molecule has 0 bridgehead atoms. The van der Waals surface area contributed by atoms with E-state index in [1.54, 1.807) is 0 Å². The average Bonchev–Trinajstić information content (AvgIpc) is 2.69. The van der Waals surface area contributed by atoms with E-state index in [0.717, 1.165) is 11.0 Å². The van der Waals surface area contributed by atoms with Crippen molar-refractivity contribution in [1.29, 1.82) is 0 Å². The quantitative estimate of drug-likeness (QED) is 0.230. The van der Waals surface area contributed by atoms with Gasteiger partial charge in [0.1, 0.15) is 12.6 Å². The van der Waals surface area contributed by atoms with Gasteiger partial charge in [-0.3, -0.25) is 0 Å². The summed E-state index contributed by atoms with van der Waals surface area (Å²) in [6.07, 6.45) is 11.4. The highest BCUT2D eigenvalue weighted by Crippen LogP contribution is 2.19. The molecule has 0 N–H and O–H groups in total. The molecule has 0 spiro atoms. The normalized spacial score (nSPS) is 12.3. The zero-order valence-corrected chi connectivity index (χ0v) is 20.1. The molecule has 29 heavy (non-hydrogen) atoms. The van der Waals surface area contributed by atoms with E-state index in [4.69, 9.17) is 4.74 Å². The summed E-state index contributed by atoms with van der Waals surface area (Å²) in [5.41, 5.74) is 0.649. The van der Waals surface area contributed by atoms with Gasteiger partial charge in [-0.05, 0) is 57.6 Å². The first kappa shape index (κ1) is 27.9. The van der Waals surface area contributed by atoms with Crippen LogP contribution in [0.25, 0.3) is 0 Å². The number of hydrogen-bond donors (Lipinski definition) is 0. The molecule has 0 saturated heterocycles. The SMILES string of the molecule is CCCCC[N+](CCCCC)(CCCCC)CC(C)OC(=O)c1ccccc1.[Cl-]. The van der Waals surface area contributed by atoms with Gasteiger partial charge in [-0.2, -0.15) is 0 Å². The number of rotatable bonds is 16.